The van der Waals surface area contributed by atoms with E-state index < -0.39 is 0 Å². The maximum atomic E-state index is 4.19. The van der Waals surface area contributed by atoms with Crippen LogP contribution in [0, 0.1) is 0 Å². The van der Waals surface area contributed by atoms with Crippen molar-refractivity contribution in [2.24, 2.45) is 0 Å². The summed E-state index contributed by atoms with van der Waals surface area (Å²) >= 11 is 0. The predicted octanol–water partition coefficient (Wildman–Crippen LogP) is 1.87. The summed E-state index contributed by atoms with van der Waals surface area (Å²) in [6, 6.07) is 0. The van der Waals surface area contributed by atoms with Crippen molar-refractivity contribution in [3.8, 4) is 0 Å². The third kappa shape index (κ3) is 4.10. The van der Waals surface area contributed by atoms with Crippen LogP contribution in [0.1, 0.15) is 38.3 Å². The van der Waals surface area contributed by atoms with Gasteiger partial charge in [0.25, 0.3) is 0 Å². The summed E-state index contributed by atoms with van der Waals surface area (Å²) in [6.45, 7) is 8.92. The van der Waals surface area contributed by atoms with Crippen LogP contribution >= 0.6 is 0 Å². The minimum atomic E-state index is 0.932. The average molecular weight is 250 g/mol. The van der Waals surface area contributed by atoms with Crippen LogP contribution in [0.5, 0.6) is 0 Å². The van der Waals surface area contributed by atoms with Gasteiger partial charge in [-0.15, -0.1) is 0 Å². The van der Waals surface area contributed by atoms with Crippen LogP contribution in [-0.4, -0.2) is 40.6 Å². The van der Waals surface area contributed by atoms with Crippen molar-refractivity contribution in [1.82, 2.24) is 19.8 Å². The first kappa shape index (κ1) is 13.6. The molecule has 2 heterocycles. The van der Waals surface area contributed by atoms with E-state index in [1.165, 1.54) is 51.0 Å². The summed E-state index contributed by atoms with van der Waals surface area (Å²) in [6.07, 6.45) is 9.46. The fraction of sp³-hybridized carbons (Fsp3) is 0.786. The lowest BCUT2D eigenvalue weighted by atomic mass is 10.2. The number of likely N-dealkylation sites (tertiary alicyclic amines) is 1. The highest BCUT2D eigenvalue weighted by Gasteiger charge is 2.08. The molecule has 0 unspecified atom stereocenters. The number of aromatic nitrogens is 2. The van der Waals surface area contributed by atoms with E-state index in [1.54, 1.807) is 0 Å². The largest absolute Gasteiger partial charge is 0.334 e. The standard InChI is InChI=1S/C14H26N4/c1-2-18-13-16-12-14(18)11-15-7-10-17-8-5-3-4-6-9-17/h12-13,15H,2-11H2,1H3. The molecule has 102 valence electrons. The Kier molecular flexibility index (Phi) is 5.68. The lowest BCUT2D eigenvalue weighted by Gasteiger charge is -2.19. The van der Waals surface area contributed by atoms with Gasteiger partial charge < -0.3 is 14.8 Å². The van der Waals surface area contributed by atoms with Gasteiger partial charge in [0.1, 0.15) is 0 Å². The molecule has 1 N–H and O–H groups in total. The Balaban J connectivity index is 1.63. The van der Waals surface area contributed by atoms with Crippen molar-refractivity contribution in [2.75, 3.05) is 26.2 Å². The molecular weight excluding hydrogens is 224 g/mol. The SMILES string of the molecule is CCn1cncc1CNCCN1CCCCCC1. The Hall–Kier alpha value is -0.870. The zero-order chi connectivity index (χ0) is 12.6. The van der Waals surface area contributed by atoms with E-state index in [0.29, 0.717) is 0 Å². The highest BCUT2D eigenvalue weighted by atomic mass is 15.1. The van der Waals surface area contributed by atoms with Crippen molar-refractivity contribution >= 4 is 0 Å². The van der Waals surface area contributed by atoms with Crippen molar-refractivity contribution < 1.29 is 0 Å². The van der Waals surface area contributed by atoms with Gasteiger partial charge in [-0.25, -0.2) is 4.98 Å². The number of hydrogen-bond donors (Lipinski definition) is 1. The number of nitrogens with zero attached hydrogens (tertiary/aromatic N) is 3. The van der Waals surface area contributed by atoms with Crippen molar-refractivity contribution in [1.29, 1.82) is 0 Å². The molecule has 1 aromatic heterocycles. The zero-order valence-corrected chi connectivity index (χ0v) is 11.6. The summed E-state index contributed by atoms with van der Waals surface area (Å²) < 4.78 is 2.19. The van der Waals surface area contributed by atoms with Gasteiger partial charge in [0, 0.05) is 32.4 Å². The van der Waals surface area contributed by atoms with Crippen LogP contribution in [0.2, 0.25) is 0 Å². The molecule has 18 heavy (non-hydrogen) atoms. The first-order chi connectivity index (χ1) is 8.90. The fourth-order valence-electron chi connectivity index (χ4n) is 2.59. The Morgan fingerprint density at radius 1 is 1.22 bits per heavy atom. The van der Waals surface area contributed by atoms with Gasteiger partial charge in [-0.2, -0.15) is 0 Å². The fourth-order valence-corrected chi connectivity index (χ4v) is 2.59. The number of rotatable bonds is 6. The highest BCUT2D eigenvalue weighted by molar-refractivity contribution is 4.97. The third-order valence-corrected chi connectivity index (χ3v) is 3.75. The summed E-state index contributed by atoms with van der Waals surface area (Å²) in [5, 5.41) is 3.53. The van der Waals surface area contributed by atoms with Gasteiger partial charge >= 0.3 is 0 Å². The van der Waals surface area contributed by atoms with E-state index in [0.717, 1.165) is 19.6 Å². The molecular formula is C14H26N4. The molecule has 0 aromatic carbocycles. The third-order valence-electron chi connectivity index (χ3n) is 3.75. The van der Waals surface area contributed by atoms with Crippen molar-refractivity contribution in [3.63, 3.8) is 0 Å². The van der Waals surface area contributed by atoms with Gasteiger partial charge in [-0.05, 0) is 32.9 Å². The van der Waals surface area contributed by atoms with Crippen LogP contribution in [0.25, 0.3) is 0 Å². The van der Waals surface area contributed by atoms with E-state index in [1.807, 2.05) is 12.5 Å². The molecule has 4 nitrogen and oxygen atoms in total. The monoisotopic (exact) mass is 250 g/mol. The lowest BCUT2D eigenvalue weighted by molar-refractivity contribution is 0.283. The van der Waals surface area contributed by atoms with Gasteiger partial charge in [0.15, 0.2) is 0 Å². The second-order valence-electron chi connectivity index (χ2n) is 5.10. The average Bonchev–Trinajstić information content (AvgIpc) is 2.69. The minimum Gasteiger partial charge on any atom is -0.334 e. The van der Waals surface area contributed by atoms with E-state index in [4.69, 9.17) is 0 Å². The highest BCUT2D eigenvalue weighted by Crippen LogP contribution is 2.08. The van der Waals surface area contributed by atoms with Crippen molar-refractivity contribution in [3.05, 3.63) is 18.2 Å². The maximum Gasteiger partial charge on any atom is 0.0948 e. The topological polar surface area (TPSA) is 33.1 Å². The summed E-state index contributed by atoms with van der Waals surface area (Å²) in [4.78, 5) is 6.78. The van der Waals surface area contributed by atoms with Crippen molar-refractivity contribution in [2.45, 2.75) is 45.7 Å². The summed E-state index contributed by atoms with van der Waals surface area (Å²) in [5.41, 5.74) is 1.29. The van der Waals surface area contributed by atoms with Crippen LogP contribution in [0.3, 0.4) is 0 Å². The van der Waals surface area contributed by atoms with Gasteiger partial charge in [0.05, 0.1) is 12.0 Å². The number of nitrogens with one attached hydrogen (secondary N) is 1. The number of aryl methyl sites for hydroxylation is 1. The zero-order valence-electron chi connectivity index (χ0n) is 11.6. The Morgan fingerprint density at radius 3 is 2.72 bits per heavy atom. The molecule has 1 aromatic rings. The molecule has 1 fully saturated rings. The van der Waals surface area contributed by atoms with Gasteiger partial charge in [-0.3, -0.25) is 0 Å². The van der Waals surface area contributed by atoms with Crippen LogP contribution in [0.15, 0.2) is 12.5 Å². The normalized spacial score (nSPS) is 17.8. The van der Waals surface area contributed by atoms with Gasteiger partial charge in [-0.1, -0.05) is 12.8 Å². The van der Waals surface area contributed by atoms with Crippen LogP contribution in [0.4, 0.5) is 0 Å². The second kappa shape index (κ2) is 7.54. The Labute approximate surface area is 110 Å². The molecule has 1 saturated heterocycles. The quantitative estimate of drug-likeness (QED) is 0.782. The molecule has 2 rings (SSSR count). The molecule has 0 aliphatic carbocycles. The molecule has 0 radical (unpaired) electrons. The molecule has 1 aliphatic heterocycles. The van der Waals surface area contributed by atoms with E-state index in [9.17, 15) is 0 Å². The summed E-state index contributed by atoms with van der Waals surface area (Å²) in [7, 11) is 0. The number of hydrogen-bond acceptors (Lipinski definition) is 3. The maximum absolute atomic E-state index is 4.19. The van der Waals surface area contributed by atoms with Gasteiger partial charge in [0.2, 0.25) is 0 Å². The Bertz CT molecular complexity index is 326. The lowest BCUT2D eigenvalue weighted by Crippen LogP contribution is -2.32. The smallest absolute Gasteiger partial charge is 0.0948 e. The molecule has 4 heteroatoms. The van der Waals surface area contributed by atoms with E-state index in [-0.39, 0.29) is 0 Å². The molecule has 0 saturated carbocycles. The van der Waals surface area contributed by atoms with E-state index >= 15 is 0 Å². The predicted molar refractivity (Wildman–Crippen MR) is 74.5 cm³/mol. The summed E-state index contributed by atoms with van der Waals surface area (Å²) in [5.74, 6) is 0. The van der Waals surface area contributed by atoms with Crippen LogP contribution in [-0.2, 0) is 13.1 Å². The molecule has 1 aliphatic rings. The molecule has 0 spiro atoms. The molecule has 0 amide bonds. The van der Waals surface area contributed by atoms with E-state index in [2.05, 4.69) is 26.7 Å². The first-order valence-corrected chi connectivity index (χ1v) is 7.32. The minimum absolute atomic E-state index is 0.932. The van der Waals surface area contributed by atoms with Crippen LogP contribution < -0.4 is 5.32 Å². The second-order valence-corrected chi connectivity index (χ2v) is 5.10. The first-order valence-electron chi connectivity index (χ1n) is 7.32. The molecule has 0 bridgehead atoms. The molecule has 0 atom stereocenters. The number of imidazole rings is 1. The Morgan fingerprint density at radius 2 is 2.00 bits per heavy atom.